The Morgan fingerprint density at radius 2 is 2.00 bits per heavy atom. The Bertz CT molecular complexity index is 366. The van der Waals surface area contributed by atoms with Gasteiger partial charge in [-0.15, -0.1) is 0 Å². The standard InChI is InChI=1S/C18H36N2O3/c1-7-10-20(12-13(2)3)16-11-14(21)8-9-15(16)19-17(22)23-18(4,5)6/h13-16,21H,7-12H2,1-6H3,(H,19,22). The van der Waals surface area contributed by atoms with E-state index in [-0.39, 0.29) is 24.3 Å². The summed E-state index contributed by atoms with van der Waals surface area (Å²) < 4.78 is 5.41. The molecule has 2 N–H and O–H groups in total. The van der Waals surface area contributed by atoms with Crippen LogP contribution in [-0.4, -0.2) is 53.0 Å². The molecule has 0 aromatic carbocycles. The van der Waals surface area contributed by atoms with Crippen LogP contribution in [0, 0.1) is 5.92 Å². The number of hydrogen-bond acceptors (Lipinski definition) is 4. The third-order valence-corrected chi connectivity index (χ3v) is 4.07. The van der Waals surface area contributed by atoms with Gasteiger partial charge in [0.1, 0.15) is 5.60 Å². The molecule has 136 valence electrons. The molecule has 0 radical (unpaired) electrons. The van der Waals surface area contributed by atoms with Crippen LogP contribution in [0.5, 0.6) is 0 Å². The van der Waals surface area contributed by atoms with E-state index in [0.717, 1.165) is 32.4 Å². The smallest absolute Gasteiger partial charge is 0.407 e. The van der Waals surface area contributed by atoms with Crippen LogP contribution in [0.25, 0.3) is 0 Å². The first-order valence-corrected chi connectivity index (χ1v) is 9.04. The second-order valence-corrected chi connectivity index (χ2v) is 8.18. The molecule has 0 spiro atoms. The molecule has 0 heterocycles. The van der Waals surface area contributed by atoms with E-state index in [1.54, 1.807) is 0 Å². The molecule has 1 saturated carbocycles. The number of carbonyl (C=O) groups excluding carboxylic acids is 1. The molecule has 1 fully saturated rings. The monoisotopic (exact) mass is 328 g/mol. The Morgan fingerprint density at radius 1 is 1.35 bits per heavy atom. The number of nitrogens with zero attached hydrogens (tertiary/aromatic N) is 1. The minimum Gasteiger partial charge on any atom is -0.444 e. The summed E-state index contributed by atoms with van der Waals surface area (Å²) in [6.07, 6.45) is 2.68. The van der Waals surface area contributed by atoms with Crippen LogP contribution in [0.3, 0.4) is 0 Å². The SMILES string of the molecule is CCCN(CC(C)C)C1CC(O)CCC1NC(=O)OC(C)(C)C. The van der Waals surface area contributed by atoms with Crippen molar-refractivity contribution in [3.63, 3.8) is 0 Å². The summed E-state index contributed by atoms with van der Waals surface area (Å²) in [5.74, 6) is 0.558. The van der Waals surface area contributed by atoms with Gasteiger partial charge < -0.3 is 15.2 Å². The lowest BCUT2D eigenvalue weighted by molar-refractivity contribution is 0.0202. The summed E-state index contributed by atoms with van der Waals surface area (Å²) >= 11 is 0. The molecule has 1 rings (SSSR count). The summed E-state index contributed by atoms with van der Waals surface area (Å²) in [6.45, 7) is 14.2. The van der Waals surface area contributed by atoms with E-state index in [2.05, 4.69) is 31.0 Å². The van der Waals surface area contributed by atoms with Crippen LogP contribution >= 0.6 is 0 Å². The van der Waals surface area contributed by atoms with E-state index in [0.29, 0.717) is 12.3 Å². The zero-order valence-corrected chi connectivity index (χ0v) is 15.8. The van der Waals surface area contributed by atoms with Crippen molar-refractivity contribution < 1.29 is 14.6 Å². The second kappa shape index (κ2) is 8.88. The number of aliphatic hydroxyl groups excluding tert-OH is 1. The van der Waals surface area contributed by atoms with E-state index in [1.807, 2.05) is 20.8 Å². The van der Waals surface area contributed by atoms with Gasteiger partial charge >= 0.3 is 6.09 Å². The predicted octanol–water partition coefficient (Wildman–Crippen LogP) is 3.16. The first-order chi connectivity index (χ1) is 10.6. The third-order valence-electron chi connectivity index (χ3n) is 4.07. The number of ether oxygens (including phenoxy) is 1. The third kappa shape index (κ3) is 7.53. The van der Waals surface area contributed by atoms with E-state index < -0.39 is 5.60 Å². The molecule has 3 atom stereocenters. The second-order valence-electron chi connectivity index (χ2n) is 8.18. The molecule has 5 heteroatoms. The molecule has 1 amide bonds. The van der Waals surface area contributed by atoms with E-state index >= 15 is 0 Å². The highest BCUT2D eigenvalue weighted by Crippen LogP contribution is 2.25. The highest BCUT2D eigenvalue weighted by molar-refractivity contribution is 5.68. The summed E-state index contributed by atoms with van der Waals surface area (Å²) in [5.41, 5.74) is -0.491. The number of alkyl carbamates (subject to hydrolysis) is 1. The minimum atomic E-state index is -0.491. The predicted molar refractivity (Wildman–Crippen MR) is 93.5 cm³/mol. The van der Waals surface area contributed by atoms with Gasteiger partial charge in [-0.1, -0.05) is 20.8 Å². The van der Waals surface area contributed by atoms with Gasteiger partial charge in [-0.3, -0.25) is 4.90 Å². The lowest BCUT2D eigenvalue weighted by Crippen LogP contribution is -2.56. The zero-order chi connectivity index (χ0) is 17.6. The van der Waals surface area contributed by atoms with Crippen LogP contribution in [-0.2, 0) is 4.74 Å². The Hall–Kier alpha value is -0.810. The fourth-order valence-electron chi connectivity index (χ4n) is 3.30. The van der Waals surface area contributed by atoms with Gasteiger partial charge in [-0.2, -0.15) is 0 Å². The maximum Gasteiger partial charge on any atom is 0.407 e. The Kier molecular flexibility index (Phi) is 7.81. The van der Waals surface area contributed by atoms with Gasteiger partial charge in [0.05, 0.1) is 6.10 Å². The molecule has 0 bridgehead atoms. The van der Waals surface area contributed by atoms with Gasteiger partial charge in [-0.25, -0.2) is 4.79 Å². The average Bonchev–Trinajstić information content (AvgIpc) is 2.37. The maximum absolute atomic E-state index is 12.1. The van der Waals surface area contributed by atoms with Crippen molar-refractivity contribution in [2.45, 2.75) is 91.0 Å². The lowest BCUT2D eigenvalue weighted by atomic mass is 9.86. The molecular weight excluding hydrogens is 292 g/mol. The molecule has 23 heavy (non-hydrogen) atoms. The van der Waals surface area contributed by atoms with Crippen molar-refractivity contribution >= 4 is 6.09 Å². The van der Waals surface area contributed by atoms with Crippen molar-refractivity contribution in [2.75, 3.05) is 13.1 Å². The Labute approximate surface area is 141 Å². The highest BCUT2D eigenvalue weighted by Gasteiger charge is 2.35. The highest BCUT2D eigenvalue weighted by atomic mass is 16.6. The van der Waals surface area contributed by atoms with Gasteiger partial charge in [0, 0.05) is 18.6 Å². The first kappa shape index (κ1) is 20.2. The molecule has 1 aliphatic rings. The number of hydrogen-bond donors (Lipinski definition) is 2. The minimum absolute atomic E-state index is 0.0403. The summed E-state index contributed by atoms with van der Waals surface area (Å²) in [7, 11) is 0. The maximum atomic E-state index is 12.1. The quantitative estimate of drug-likeness (QED) is 0.786. The molecule has 0 aromatic heterocycles. The largest absolute Gasteiger partial charge is 0.444 e. The topological polar surface area (TPSA) is 61.8 Å². The van der Waals surface area contributed by atoms with Crippen LogP contribution in [0.1, 0.15) is 67.2 Å². The summed E-state index contributed by atoms with van der Waals surface area (Å²) in [4.78, 5) is 14.6. The van der Waals surface area contributed by atoms with Crippen molar-refractivity contribution in [3.05, 3.63) is 0 Å². The molecule has 0 aromatic rings. The van der Waals surface area contributed by atoms with Crippen molar-refractivity contribution in [3.8, 4) is 0 Å². The first-order valence-electron chi connectivity index (χ1n) is 9.04. The number of carbonyl (C=O) groups is 1. The van der Waals surface area contributed by atoms with Crippen LogP contribution < -0.4 is 5.32 Å². The van der Waals surface area contributed by atoms with Crippen LogP contribution in [0.2, 0.25) is 0 Å². The number of amides is 1. The molecule has 0 aliphatic heterocycles. The Balaban J connectivity index is 2.78. The molecule has 0 saturated heterocycles. The van der Waals surface area contributed by atoms with Crippen LogP contribution in [0.4, 0.5) is 4.79 Å². The number of nitrogens with one attached hydrogen (secondary N) is 1. The molecular formula is C18H36N2O3. The van der Waals surface area contributed by atoms with Crippen molar-refractivity contribution in [2.24, 2.45) is 5.92 Å². The average molecular weight is 328 g/mol. The molecule has 1 aliphatic carbocycles. The van der Waals surface area contributed by atoms with Crippen molar-refractivity contribution in [1.82, 2.24) is 10.2 Å². The van der Waals surface area contributed by atoms with Crippen molar-refractivity contribution in [1.29, 1.82) is 0 Å². The lowest BCUT2D eigenvalue weighted by Gasteiger charge is -2.42. The van der Waals surface area contributed by atoms with Gasteiger partial charge in [-0.05, 0) is 58.9 Å². The van der Waals surface area contributed by atoms with Crippen LogP contribution in [0.15, 0.2) is 0 Å². The fourth-order valence-corrected chi connectivity index (χ4v) is 3.30. The van der Waals surface area contributed by atoms with Gasteiger partial charge in [0.2, 0.25) is 0 Å². The fraction of sp³-hybridized carbons (Fsp3) is 0.944. The molecule has 5 nitrogen and oxygen atoms in total. The van der Waals surface area contributed by atoms with Gasteiger partial charge in [0.15, 0.2) is 0 Å². The summed E-state index contributed by atoms with van der Waals surface area (Å²) in [6, 6.07) is 0.215. The number of aliphatic hydroxyl groups is 1. The van der Waals surface area contributed by atoms with E-state index in [4.69, 9.17) is 4.74 Å². The number of rotatable bonds is 6. The zero-order valence-electron chi connectivity index (χ0n) is 15.8. The van der Waals surface area contributed by atoms with E-state index in [1.165, 1.54) is 0 Å². The molecule has 3 unspecified atom stereocenters. The summed E-state index contributed by atoms with van der Waals surface area (Å²) in [5, 5.41) is 13.1. The Morgan fingerprint density at radius 3 is 2.52 bits per heavy atom. The van der Waals surface area contributed by atoms with Gasteiger partial charge in [0.25, 0.3) is 0 Å². The van der Waals surface area contributed by atoms with E-state index in [9.17, 15) is 9.90 Å². The normalized spacial score (nSPS) is 25.7.